The van der Waals surface area contributed by atoms with Crippen molar-refractivity contribution in [3.63, 3.8) is 0 Å². The number of nitrogens with zero attached hydrogens (tertiary/aromatic N) is 1. The third-order valence-corrected chi connectivity index (χ3v) is 5.50. The van der Waals surface area contributed by atoms with E-state index in [4.69, 9.17) is 10.5 Å². The number of primary amides is 1. The number of halogens is 3. The molecule has 1 aromatic rings. The van der Waals surface area contributed by atoms with Crippen LogP contribution in [0.5, 0.6) is 0 Å². The molecule has 0 aromatic heterocycles. The van der Waals surface area contributed by atoms with Gasteiger partial charge in [-0.15, -0.1) is 0 Å². The molecule has 0 radical (unpaired) electrons. The lowest BCUT2D eigenvalue weighted by Crippen LogP contribution is -2.78. The quantitative estimate of drug-likeness (QED) is 0.712. The smallest absolute Gasteiger partial charge is 0.416 e. The number of carbonyl (C=O) groups excluding carboxylic acids is 3. The summed E-state index contributed by atoms with van der Waals surface area (Å²) in [4.78, 5) is 36.9. The number of amides is 3. The van der Waals surface area contributed by atoms with Crippen LogP contribution in [0.3, 0.4) is 0 Å². The maximum Gasteiger partial charge on any atom is 0.416 e. The molecule has 0 spiro atoms. The van der Waals surface area contributed by atoms with Crippen molar-refractivity contribution in [2.45, 2.75) is 37.5 Å². The monoisotopic (exact) mass is 399 g/mol. The number of esters is 1. The van der Waals surface area contributed by atoms with Gasteiger partial charge < -0.3 is 20.7 Å². The number of urea groups is 1. The molecule has 152 valence electrons. The van der Waals surface area contributed by atoms with Crippen LogP contribution >= 0.6 is 0 Å². The summed E-state index contributed by atoms with van der Waals surface area (Å²) in [6.45, 7) is -0.443. The van der Waals surface area contributed by atoms with Crippen molar-refractivity contribution >= 4 is 17.9 Å². The molecule has 3 aliphatic rings. The van der Waals surface area contributed by atoms with Crippen molar-refractivity contribution in [1.29, 1.82) is 0 Å². The lowest BCUT2D eigenvalue weighted by molar-refractivity contribution is -0.234. The molecule has 0 atom stereocenters. The topological polar surface area (TPSA) is 102 Å². The Bertz CT molecular complexity index is 805. The molecule has 10 heteroatoms. The number of rotatable bonds is 6. The molecule has 4 rings (SSSR count). The van der Waals surface area contributed by atoms with Crippen LogP contribution in [-0.2, 0) is 27.0 Å². The highest BCUT2D eigenvalue weighted by Crippen LogP contribution is 2.70. The Balaban J connectivity index is 1.80. The highest BCUT2D eigenvalue weighted by atomic mass is 19.4. The van der Waals surface area contributed by atoms with Gasteiger partial charge in [-0.3, -0.25) is 9.59 Å². The van der Waals surface area contributed by atoms with Crippen LogP contribution in [0, 0.1) is 5.41 Å². The Morgan fingerprint density at radius 2 is 1.89 bits per heavy atom. The zero-order chi connectivity index (χ0) is 20.7. The van der Waals surface area contributed by atoms with Crippen molar-refractivity contribution in [3.05, 3.63) is 35.4 Å². The van der Waals surface area contributed by atoms with Gasteiger partial charge in [-0.1, -0.05) is 12.1 Å². The molecule has 3 saturated carbocycles. The lowest BCUT2D eigenvalue weighted by atomic mass is 9.38. The fraction of sp³-hybridized carbons (Fsp3) is 0.500. The lowest BCUT2D eigenvalue weighted by Gasteiger charge is -2.71. The van der Waals surface area contributed by atoms with Crippen molar-refractivity contribution in [2.75, 3.05) is 13.7 Å². The van der Waals surface area contributed by atoms with E-state index in [2.05, 4.69) is 5.32 Å². The van der Waals surface area contributed by atoms with Crippen LogP contribution in [0.2, 0.25) is 0 Å². The first kappa shape index (κ1) is 20.0. The zero-order valence-electron chi connectivity index (χ0n) is 15.1. The third kappa shape index (κ3) is 3.38. The standard InChI is InChI=1S/C18H20F3N3O4/c1-28-14(26)16-8-17(9-16,10-16)24(13(25)6-23-15(22)27)7-11-3-2-4-12(5-11)18(19,20)21/h2-5H,6-10H2,1H3,(H3,22,23,27). The maximum atomic E-state index is 13.0. The predicted octanol–water partition coefficient (Wildman–Crippen LogP) is 1.80. The Kier molecular flexibility index (Phi) is 4.76. The number of nitrogens with two attached hydrogens (primary N) is 1. The van der Waals surface area contributed by atoms with Crippen LogP contribution in [0.15, 0.2) is 24.3 Å². The zero-order valence-corrected chi connectivity index (χ0v) is 15.1. The summed E-state index contributed by atoms with van der Waals surface area (Å²) in [7, 11) is 1.29. The Morgan fingerprint density at radius 1 is 1.25 bits per heavy atom. The first-order chi connectivity index (χ1) is 13.0. The summed E-state index contributed by atoms with van der Waals surface area (Å²) >= 11 is 0. The highest BCUT2D eigenvalue weighted by Gasteiger charge is 2.75. The summed E-state index contributed by atoms with van der Waals surface area (Å²) in [6.07, 6.45) is -3.35. The average molecular weight is 399 g/mol. The van der Waals surface area contributed by atoms with Gasteiger partial charge in [-0.2, -0.15) is 13.2 Å². The van der Waals surface area contributed by atoms with E-state index in [0.717, 1.165) is 12.1 Å². The Labute approximate surface area is 159 Å². The minimum atomic E-state index is -4.50. The molecule has 3 aliphatic carbocycles. The molecule has 0 unspecified atom stereocenters. The molecule has 28 heavy (non-hydrogen) atoms. The maximum absolute atomic E-state index is 13.0. The summed E-state index contributed by atoms with van der Waals surface area (Å²) in [5, 5.41) is 2.20. The fourth-order valence-electron chi connectivity index (χ4n) is 4.26. The van der Waals surface area contributed by atoms with Crippen LogP contribution in [0.25, 0.3) is 0 Å². The molecule has 3 amide bonds. The average Bonchev–Trinajstić information content (AvgIpc) is 2.55. The number of carbonyl (C=O) groups is 3. The number of benzene rings is 1. The van der Waals surface area contributed by atoms with Gasteiger partial charge in [-0.25, -0.2) is 4.79 Å². The molecule has 2 bridgehead atoms. The van der Waals surface area contributed by atoms with Gasteiger partial charge in [0, 0.05) is 12.1 Å². The van der Waals surface area contributed by atoms with Gasteiger partial charge in [0.2, 0.25) is 5.91 Å². The van der Waals surface area contributed by atoms with Gasteiger partial charge in [0.05, 0.1) is 24.6 Å². The van der Waals surface area contributed by atoms with Gasteiger partial charge in [0.25, 0.3) is 0 Å². The number of hydrogen-bond acceptors (Lipinski definition) is 4. The second kappa shape index (κ2) is 6.68. The number of ether oxygens (including phenoxy) is 1. The summed E-state index contributed by atoms with van der Waals surface area (Å²) in [5.74, 6) is -0.828. The molecule has 0 saturated heterocycles. The van der Waals surface area contributed by atoms with Crippen molar-refractivity contribution in [2.24, 2.45) is 11.1 Å². The molecule has 0 heterocycles. The van der Waals surface area contributed by atoms with Crippen molar-refractivity contribution in [1.82, 2.24) is 10.2 Å². The first-order valence-corrected chi connectivity index (χ1v) is 8.60. The van der Waals surface area contributed by atoms with E-state index < -0.39 is 34.6 Å². The van der Waals surface area contributed by atoms with E-state index >= 15 is 0 Å². The van der Waals surface area contributed by atoms with Crippen LogP contribution < -0.4 is 11.1 Å². The second-order valence-corrected chi connectivity index (χ2v) is 7.42. The van der Waals surface area contributed by atoms with Gasteiger partial charge in [-0.05, 0) is 37.0 Å². The first-order valence-electron chi connectivity index (χ1n) is 8.60. The van der Waals surface area contributed by atoms with Crippen LogP contribution in [0.4, 0.5) is 18.0 Å². The summed E-state index contributed by atoms with van der Waals surface area (Å²) in [6, 6.07) is 3.84. The van der Waals surface area contributed by atoms with E-state index in [-0.39, 0.29) is 19.1 Å². The highest BCUT2D eigenvalue weighted by molar-refractivity contribution is 5.87. The summed E-state index contributed by atoms with van der Waals surface area (Å²) in [5.41, 5.74) is 3.24. The summed E-state index contributed by atoms with van der Waals surface area (Å²) < 4.78 is 43.7. The molecule has 3 fully saturated rings. The van der Waals surface area contributed by atoms with Crippen molar-refractivity contribution < 1.29 is 32.3 Å². The largest absolute Gasteiger partial charge is 0.469 e. The normalized spacial score (nSPS) is 25.1. The van der Waals surface area contributed by atoms with Crippen LogP contribution in [-0.4, -0.2) is 42.0 Å². The fourth-order valence-corrected chi connectivity index (χ4v) is 4.26. The molecular formula is C18H20F3N3O4. The number of alkyl halides is 3. The minimum absolute atomic E-state index is 0.0690. The second-order valence-electron chi connectivity index (χ2n) is 7.42. The minimum Gasteiger partial charge on any atom is -0.469 e. The third-order valence-electron chi connectivity index (χ3n) is 5.50. The SMILES string of the molecule is COC(=O)C12CC(N(Cc3cccc(C(F)(F)F)c3)C(=O)CNC(N)=O)(C1)C2. The molecule has 3 N–H and O–H groups in total. The number of hydrogen-bond donors (Lipinski definition) is 2. The van der Waals surface area contributed by atoms with Gasteiger partial charge >= 0.3 is 18.2 Å². The van der Waals surface area contributed by atoms with E-state index in [1.165, 1.54) is 24.1 Å². The molecule has 0 aliphatic heterocycles. The van der Waals surface area contributed by atoms with Gasteiger partial charge in [0.15, 0.2) is 0 Å². The van der Waals surface area contributed by atoms with Crippen molar-refractivity contribution in [3.8, 4) is 0 Å². The van der Waals surface area contributed by atoms with E-state index in [9.17, 15) is 27.6 Å². The predicted molar refractivity (Wildman–Crippen MR) is 90.6 cm³/mol. The van der Waals surface area contributed by atoms with Crippen LogP contribution in [0.1, 0.15) is 30.4 Å². The van der Waals surface area contributed by atoms with E-state index in [1.807, 2.05) is 0 Å². The Morgan fingerprint density at radius 3 is 2.43 bits per heavy atom. The van der Waals surface area contributed by atoms with Gasteiger partial charge in [0.1, 0.15) is 0 Å². The van der Waals surface area contributed by atoms with E-state index in [0.29, 0.717) is 24.8 Å². The number of nitrogens with one attached hydrogen (secondary N) is 1. The molecule has 1 aromatic carbocycles. The van der Waals surface area contributed by atoms with E-state index in [1.54, 1.807) is 0 Å². The number of methoxy groups -OCH3 is 1. The molecular weight excluding hydrogens is 379 g/mol. The molecule has 7 nitrogen and oxygen atoms in total. The Hall–Kier alpha value is -2.78.